The fourth-order valence-electron chi connectivity index (χ4n) is 1.43. The van der Waals surface area contributed by atoms with Gasteiger partial charge in [-0.1, -0.05) is 35.3 Å². The van der Waals surface area contributed by atoms with Crippen LogP contribution in [0.3, 0.4) is 0 Å². The Morgan fingerprint density at radius 2 is 1.83 bits per heavy atom. The number of nitrogens with one attached hydrogen (secondary N) is 1. The van der Waals surface area contributed by atoms with Crippen LogP contribution in [-0.4, -0.2) is 5.91 Å². The second kappa shape index (κ2) is 5.74. The standard InChI is InChI=1S/C13H8BrCl2NO/c14-10-4-2-1-3-9(10)13(18)17-12-6-5-8(15)7-11(12)16/h1-7H,(H,17,18). The number of carbonyl (C=O) groups excluding carboxylic acids is 1. The maximum atomic E-state index is 12.0. The Morgan fingerprint density at radius 3 is 2.50 bits per heavy atom. The largest absolute Gasteiger partial charge is 0.321 e. The van der Waals surface area contributed by atoms with E-state index in [4.69, 9.17) is 23.2 Å². The summed E-state index contributed by atoms with van der Waals surface area (Å²) in [7, 11) is 0. The normalized spacial score (nSPS) is 10.2. The van der Waals surface area contributed by atoms with Gasteiger partial charge in [0.1, 0.15) is 0 Å². The van der Waals surface area contributed by atoms with Gasteiger partial charge >= 0.3 is 0 Å². The lowest BCUT2D eigenvalue weighted by molar-refractivity contribution is 0.102. The number of rotatable bonds is 2. The van der Waals surface area contributed by atoms with Crippen molar-refractivity contribution >= 4 is 50.7 Å². The van der Waals surface area contributed by atoms with Crippen LogP contribution in [-0.2, 0) is 0 Å². The van der Waals surface area contributed by atoms with E-state index in [2.05, 4.69) is 21.2 Å². The van der Waals surface area contributed by atoms with Gasteiger partial charge < -0.3 is 5.32 Å². The molecule has 0 unspecified atom stereocenters. The molecule has 18 heavy (non-hydrogen) atoms. The zero-order valence-electron chi connectivity index (χ0n) is 9.08. The van der Waals surface area contributed by atoms with Gasteiger partial charge in [-0.05, 0) is 46.3 Å². The van der Waals surface area contributed by atoms with Gasteiger partial charge in [-0.2, -0.15) is 0 Å². The molecule has 0 fully saturated rings. The summed E-state index contributed by atoms with van der Waals surface area (Å²) < 4.78 is 0.729. The van der Waals surface area contributed by atoms with Crippen molar-refractivity contribution in [2.45, 2.75) is 0 Å². The van der Waals surface area contributed by atoms with Crippen molar-refractivity contribution in [3.8, 4) is 0 Å². The third kappa shape index (κ3) is 3.05. The zero-order chi connectivity index (χ0) is 13.1. The van der Waals surface area contributed by atoms with Crippen LogP contribution in [0.5, 0.6) is 0 Å². The minimum absolute atomic E-state index is 0.230. The molecule has 0 heterocycles. The molecule has 2 rings (SSSR count). The average Bonchev–Trinajstić information content (AvgIpc) is 2.33. The first-order valence-electron chi connectivity index (χ1n) is 5.09. The Labute approximate surface area is 123 Å². The van der Waals surface area contributed by atoms with Gasteiger partial charge in [0.2, 0.25) is 0 Å². The smallest absolute Gasteiger partial charge is 0.256 e. The number of hydrogen-bond acceptors (Lipinski definition) is 1. The van der Waals surface area contributed by atoms with E-state index in [1.165, 1.54) is 0 Å². The van der Waals surface area contributed by atoms with Crippen LogP contribution in [0.1, 0.15) is 10.4 Å². The molecule has 0 saturated heterocycles. The summed E-state index contributed by atoms with van der Waals surface area (Å²) in [5.74, 6) is -0.230. The molecule has 1 N–H and O–H groups in total. The fourth-order valence-corrected chi connectivity index (χ4v) is 2.35. The monoisotopic (exact) mass is 343 g/mol. The van der Waals surface area contributed by atoms with Crippen molar-refractivity contribution in [2.75, 3.05) is 5.32 Å². The van der Waals surface area contributed by atoms with E-state index in [1.54, 1.807) is 36.4 Å². The van der Waals surface area contributed by atoms with E-state index in [1.807, 2.05) is 6.07 Å². The third-order valence-corrected chi connectivity index (χ3v) is 3.54. The first kappa shape index (κ1) is 13.4. The molecule has 0 spiro atoms. The van der Waals surface area contributed by atoms with Gasteiger partial charge in [-0.3, -0.25) is 4.79 Å². The SMILES string of the molecule is O=C(Nc1ccc(Cl)cc1Cl)c1ccccc1Br. The second-order valence-electron chi connectivity index (χ2n) is 3.56. The van der Waals surface area contributed by atoms with Crippen LogP contribution in [0.15, 0.2) is 46.9 Å². The van der Waals surface area contributed by atoms with Crippen LogP contribution in [0.25, 0.3) is 0 Å². The first-order chi connectivity index (χ1) is 8.58. The Morgan fingerprint density at radius 1 is 1.11 bits per heavy atom. The number of hydrogen-bond donors (Lipinski definition) is 1. The van der Waals surface area contributed by atoms with Gasteiger partial charge in [-0.15, -0.1) is 0 Å². The van der Waals surface area contributed by atoms with Gasteiger partial charge in [0.05, 0.1) is 16.3 Å². The van der Waals surface area contributed by atoms with Crippen LogP contribution in [0.2, 0.25) is 10.0 Å². The maximum absolute atomic E-state index is 12.0. The first-order valence-corrected chi connectivity index (χ1v) is 6.64. The fraction of sp³-hybridized carbons (Fsp3) is 0. The summed E-state index contributed by atoms with van der Waals surface area (Å²) in [6.45, 7) is 0. The van der Waals surface area contributed by atoms with Crippen molar-refractivity contribution in [1.29, 1.82) is 0 Å². The van der Waals surface area contributed by atoms with Crippen LogP contribution in [0.4, 0.5) is 5.69 Å². The molecular formula is C13H8BrCl2NO. The van der Waals surface area contributed by atoms with Crippen LogP contribution in [0, 0.1) is 0 Å². The maximum Gasteiger partial charge on any atom is 0.256 e. The highest BCUT2D eigenvalue weighted by atomic mass is 79.9. The molecule has 0 aliphatic heterocycles. The van der Waals surface area contributed by atoms with E-state index in [9.17, 15) is 4.79 Å². The number of amides is 1. The van der Waals surface area contributed by atoms with Crippen molar-refractivity contribution in [3.63, 3.8) is 0 Å². The topological polar surface area (TPSA) is 29.1 Å². The van der Waals surface area contributed by atoms with Gasteiger partial charge in [0.25, 0.3) is 5.91 Å². The summed E-state index contributed by atoms with van der Waals surface area (Å²) >= 11 is 15.1. The van der Waals surface area contributed by atoms with E-state index >= 15 is 0 Å². The lowest BCUT2D eigenvalue weighted by Crippen LogP contribution is -2.12. The molecule has 0 aliphatic rings. The Bertz CT molecular complexity index is 601. The van der Waals surface area contributed by atoms with Crippen LogP contribution < -0.4 is 5.32 Å². The zero-order valence-corrected chi connectivity index (χ0v) is 12.2. The number of anilines is 1. The number of carbonyl (C=O) groups is 1. The predicted molar refractivity (Wildman–Crippen MR) is 78.6 cm³/mol. The molecule has 2 nitrogen and oxygen atoms in total. The Kier molecular flexibility index (Phi) is 4.27. The van der Waals surface area contributed by atoms with Crippen LogP contribution >= 0.6 is 39.1 Å². The Balaban J connectivity index is 2.24. The molecule has 0 bridgehead atoms. The molecule has 92 valence electrons. The van der Waals surface area contributed by atoms with E-state index < -0.39 is 0 Å². The van der Waals surface area contributed by atoms with Gasteiger partial charge in [0, 0.05) is 9.50 Å². The molecule has 2 aromatic rings. The summed E-state index contributed by atoms with van der Waals surface area (Å²) in [6.07, 6.45) is 0. The molecule has 0 atom stereocenters. The predicted octanol–water partition coefficient (Wildman–Crippen LogP) is 5.01. The highest BCUT2D eigenvalue weighted by molar-refractivity contribution is 9.10. The highest BCUT2D eigenvalue weighted by Gasteiger charge is 2.11. The van der Waals surface area contributed by atoms with Crippen molar-refractivity contribution in [1.82, 2.24) is 0 Å². The quantitative estimate of drug-likeness (QED) is 0.815. The summed E-state index contributed by atoms with van der Waals surface area (Å²) in [6, 6.07) is 12.1. The molecule has 5 heteroatoms. The second-order valence-corrected chi connectivity index (χ2v) is 5.26. The van der Waals surface area contributed by atoms with Crippen molar-refractivity contribution in [3.05, 3.63) is 62.5 Å². The van der Waals surface area contributed by atoms with Crippen molar-refractivity contribution in [2.24, 2.45) is 0 Å². The minimum atomic E-state index is -0.230. The van der Waals surface area contributed by atoms with E-state index in [0.29, 0.717) is 21.3 Å². The van der Waals surface area contributed by atoms with E-state index in [0.717, 1.165) is 4.47 Å². The summed E-state index contributed by atoms with van der Waals surface area (Å²) in [5, 5.41) is 3.67. The molecular weight excluding hydrogens is 337 g/mol. The third-order valence-electron chi connectivity index (χ3n) is 2.30. The average molecular weight is 345 g/mol. The number of halogens is 3. The minimum Gasteiger partial charge on any atom is -0.321 e. The molecule has 0 aromatic heterocycles. The lowest BCUT2D eigenvalue weighted by atomic mass is 10.2. The summed E-state index contributed by atoms with van der Waals surface area (Å²) in [5.41, 5.74) is 1.07. The number of benzene rings is 2. The Hall–Kier alpha value is -1.03. The highest BCUT2D eigenvalue weighted by Crippen LogP contribution is 2.26. The summed E-state index contributed by atoms with van der Waals surface area (Å²) in [4.78, 5) is 12.0. The van der Waals surface area contributed by atoms with Gasteiger partial charge in [-0.25, -0.2) is 0 Å². The molecule has 0 saturated carbocycles. The molecule has 1 amide bonds. The van der Waals surface area contributed by atoms with Gasteiger partial charge in [0.15, 0.2) is 0 Å². The molecule has 0 radical (unpaired) electrons. The molecule has 2 aromatic carbocycles. The van der Waals surface area contributed by atoms with Crippen molar-refractivity contribution < 1.29 is 4.79 Å². The van der Waals surface area contributed by atoms with E-state index in [-0.39, 0.29) is 5.91 Å². The lowest BCUT2D eigenvalue weighted by Gasteiger charge is -2.08. The molecule has 0 aliphatic carbocycles.